The van der Waals surface area contributed by atoms with Crippen LogP contribution in [0, 0.1) is 5.92 Å². The van der Waals surface area contributed by atoms with E-state index in [0.717, 1.165) is 24.9 Å². The predicted octanol–water partition coefficient (Wildman–Crippen LogP) is 2.27. The van der Waals surface area contributed by atoms with Gasteiger partial charge >= 0.3 is 0 Å². The van der Waals surface area contributed by atoms with E-state index in [1.807, 2.05) is 12.1 Å². The Kier molecular flexibility index (Phi) is 3.19. The minimum absolute atomic E-state index is 0.0642. The fraction of sp³-hybridized carbons (Fsp3) is 0.500. The van der Waals surface area contributed by atoms with Crippen molar-refractivity contribution in [3.8, 4) is 0 Å². The van der Waals surface area contributed by atoms with Gasteiger partial charge in [0.1, 0.15) is 0 Å². The molecule has 3 fully saturated rings. The van der Waals surface area contributed by atoms with Crippen LogP contribution >= 0.6 is 11.3 Å². The van der Waals surface area contributed by atoms with Crippen LogP contribution in [0.15, 0.2) is 29.2 Å². The minimum Gasteiger partial charge on any atom is -0.346 e. The van der Waals surface area contributed by atoms with E-state index in [0.29, 0.717) is 20.4 Å². The van der Waals surface area contributed by atoms with Crippen molar-refractivity contribution in [3.05, 3.63) is 29.1 Å². The van der Waals surface area contributed by atoms with Crippen molar-refractivity contribution >= 4 is 37.2 Å². The van der Waals surface area contributed by atoms with E-state index in [1.165, 1.54) is 30.4 Å². The van der Waals surface area contributed by atoms with Crippen LogP contribution in [0.5, 0.6) is 0 Å². The molecule has 25 heavy (non-hydrogen) atoms. The molecule has 5 rings (SSSR count). The Morgan fingerprint density at radius 3 is 2.88 bits per heavy atom. The summed E-state index contributed by atoms with van der Waals surface area (Å²) < 4.78 is 24.6. The molecule has 132 valence electrons. The molecule has 2 saturated heterocycles. The monoisotopic (exact) mass is 376 g/mol. The van der Waals surface area contributed by atoms with Crippen molar-refractivity contribution in [2.45, 2.75) is 35.7 Å². The van der Waals surface area contributed by atoms with Gasteiger partial charge in [0.05, 0.1) is 20.5 Å². The third-order valence-corrected chi connectivity index (χ3v) is 8.54. The van der Waals surface area contributed by atoms with Crippen molar-refractivity contribution in [1.82, 2.24) is 10.2 Å². The molecule has 7 heteroatoms. The summed E-state index contributed by atoms with van der Waals surface area (Å²) in [6.07, 6.45) is 4.73. The van der Waals surface area contributed by atoms with Gasteiger partial charge in [0.25, 0.3) is 5.91 Å². The van der Waals surface area contributed by atoms with Crippen molar-refractivity contribution in [2.24, 2.45) is 5.92 Å². The average Bonchev–Trinajstić information content (AvgIpc) is 2.96. The molecule has 0 radical (unpaired) electrons. The number of thiophene rings is 1. The maximum absolute atomic E-state index is 12.9. The molecule has 5 nitrogen and oxygen atoms in total. The second kappa shape index (κ2) is 5.05. The number of rotatable bonds is 3. The van der Waals surface area contributed by atoms with E-state index in [2.05, 4.69) is 10.2 Å². The Labute approximate surface area is 150 Å². The number of carbonyl (C=O) groups excluding carboxylic acids is 1. The lowest BCUT2D eigenvalue weighted by Crippen LogP contribution is -2.51. The summed E-state index contributed by atoms with van der Waals surface area (Å²) in [5, 5.41) is 4.09. The normalized spacial score (nSPS) is 29.4. The number of fused-ring (bicyclic) bond motifs is 4. The number of benzene rings is 1. The molecule has 2 bridgehead atoms. The number of hydrogen-bond acceptors (Lipinski definition) is 5. The first-order chi connectivity index (χ1) is 11.9. The number of hydrogen-bond donors (Lipinski definition) is 1. The van der Waals surface area contributed by atoms with Gasteiger partial charge in [-0.25, -0.2) is 8.42 Å². The van der Waals surface area contributed by atoms with Crippen LogP contribution in [0.4, 0.5) is 0 Å². The Balaban J connectivity index is 1.47. The lowest BCUT2D eigenvalue weighted by molar-refractivity contribution is 0.0896. The van der Waals surface area contributed by atoms with Crippen LogP contribution in [0.2, 0.25) is 0 Å². The quantitative estimate of drug-likeness (QED) is 0.892. The number of sulfone groups is 1. The highest BCUT2D eigenvalue weighted by atomic mass is 32.2. The third-order valence-electron chi connectivity index (χ3n) is 6.08. The highest BCUT2D eigenvalue weighted by molar-refractivity contribution is 7.91. The molecule has 2 aliphatic heterocycles. The topological polar surface area (TPSA) is 66.5 Å². The van der Waals surface area contributed by atoms with Gasteiger partial charge in [-0.15, -0.1) is 11.3 Å². The summed E-state index contributed by atoms with van der Waals surface area (Å²) in [6.45, 7) is 2.27. The van der Waals surface area contributed by atoms with Crippen molar-refractivity contribution in [3.63, 3.8) is 0 Å². The molecule has 2 aromatic rings. The molecule has 3 aliphatic rings. The third kappa shape index (κ3) is 2.29. The zero-order valence-corrected chi connectivity index (χ0v) is 15.6. The first-order valence-electron chi connectivity index (χ1n) is 8.67. The van der Waals surface area contributed by atoms with Gasteiger partial charge in [0.2, 0.25) is 0 Å². The largest absolute Gasteiger partial charge is 0.346 e. The zero-order chi connectivity index (χ0) is 17.4. The Morgan fingerprint density at radius 2 is 2.16 bits per heavy atom. The zero-order valence-electron chi connectivity index (χ0n) is 14.0. The molecule has 1 aromatic heterocycles. The Morgan fingerprint density at radius 1 is 1.36 bits per heavy atom. The Bertz CT molecular complexity index is 991. The van der Waals surface area contributed by atoms with Crippen molar-refractivity contribution in [1.29, 1.82) is 0 Å². The highest BCUT2D eigenvalue weighted by Gasteiger charge is 2.63. The van der Waals surface area contributed by atoms with E-state index < -0.39 is 9.84 Å². The second-order valence-corrected chi connectivity index (χ2v) is 10.6. The molecule has 1 amide bonds. The fourth-order valence-electron chi connectivity index (χ4n) is 4.76. The molecular weight excluding hydrogens is 356 g/mol. The highest BCUT2D eigenvalue weighted by Crippen LogP contribution is 2.55. The van der Waals surface area contributed by atoms with Gasteiger partial charge in [-0.2, -0.15) is 0 Å². The van der Waals surface area contributed by atoms with E-state index in [9.17, 15) is 13.2 Å². The summed E-state index contributed by atoms with van der Waals surface area (Å²) in [5.41, 5.74) is 0.215. The van der Waals surface area contributed by atoms with Crippen molar-refractivity contribution in [2.75, 3.05) is 19.3 Å². The molecule has 1 aromatic carbocycles. The van der Waals surface area contributed by atoms with Crippen molar-refractivity contribution < 1.29 is 13.2 Å². The predicted molar refractivity (Wildman–Crippen MR) is 97.8 cm³/mol. The summed E-state index contributed by atoms with van der Waals surface area (Å²) >= 11 is 1.28. The van der Waals surface area contributed by atoms with Gasteiger partial charge in [0, 0.05) is 18.3 Å². The van der Waals surface area contributed by atoms with Gasteiger partial charge in [-0.3, -0.25) is 9.69 Å². The number of amides is 1. The minimum atomic E-state index is -3.31. The molecule has 1 spiro atoms. The number of nitrogens with zero attached hydrogens (tertiary/aromatic N) is 1. The second-order valence-electron chi connectivity index (χ2n) is 7.61. The molecule has 3 heterocycles. The van der Waals surface area contributed by atoms with Crippen LogP contribution in [-0.2, 0) is 9.84 Å². The number of nitrogens with one attached hydrogen (secondary N) is 1. The smallest absolute Gasteiger partial charge is 0.261 e. The molecule has 1 saturated carbocycles. The molecular formula is C18H20N2O3S2. The van der Waals surface area contributed by atoms with Crippen LogP contribution < -0.4 is 5.32 Å². The maximum Gasteiger partial charge on any atom is 0.261 e. The number of carbonyl (C=O) groups is 1. The van der Waals surface area contributed by atoms with E-state index in [1.54, 1.807) is 12.1 Å². The molecule has 1 aliphatic carbocycles. The first-order valence-corrected chi connectivity index (χ1v) is 11.4. The summed E-state index contributed by atoms with van der Waals surface area (Å²) in [4.78, 5) is 16.3. The van der Waals surface area contributed by atoms with Crippen LogP contribution in [-0.4, -0.2) is 50.2 Å². The van der Waals surface area contributed by atoms with E-state index in [4.69, 9.17) is 0 Å². The lowest BCUT2D eigenvalue weighted by Gasteiger charge is -2.33. The maximum atomic E-state index is 12.9. The van der Waals surface area contributed by atoms with Crippen LogP contribution in [0.3, 0.4) is 0 Å². The van der Waals surface area contributed by atoms with E-state index >= 15 is 0 Å². The summed E-state index contributed by atoms with van der Waals surface area (Å²) in [6, 6.07) is 7.27. The van der Waals surface area contributed by atoms with E-state index in [-0.39, 0.29) is 17.5 Å². The number of piperidine rings is 1. The van der Waals surface area contributed by atoms with Gasteiger partial charge in [-0.05, 0) is 49.2 Å². The van der Waals surface area contributed by atoms with Gasteiger partial charge < -0.3 is 5.32 Å². The lowest BCUT2D eigenvalue weighted by atomic mass is 9.92. The first kappa shape index (κ1) is 15.8. The van der Waals surface area contributed by atoms with Crippen LogP contribution in [0.1, 0.15) is 28.9 Å². The fourth-order valence-corrected chi connectivity index (χ4v) is 7.09. The van der Waals surface area contributed by atoms with Crippen LogP contribution in [0.25, 0.3) is 10.1 Å². The standard InChI is InChI=1S/C18H20N2O3S2/c1-25(22,23)14-4-2-3-11-9-13(24-15(11)14)17(21)19-16-12-5-8-20(10-12)18(16)6-7-18/h2-4,9,12,16H,5-8,10H2,1H3,(H,19,21). The summed E-state index contributed by atoms with van der Waals surface area (Å²) in [5.74, 6) is 0.498. The van der Waals surface area contributed by atoms with Gasteiger partial charge in [0.15, 0.2) is 9.84 Å². The SMILES string of the molecule is CS(=O)(=O)c1cccc2cc(C(=O)NC3C4CCN(C4)C34CC4)sc12. The summed E-state index contributed by atoms with van der Waals surface area (Å²) in [7, 11) is -3.31. The molecule has 1 N–H and O–H groups in total. The molecule has 3 atom stereocenters. The Hall–Kier alpha value is -1.44. The molecule has 3 unspecified atom stereocenters. The van der Waals surface area contributed by atoms with Gasteiger partial charge in [-0.1, -0.05) is 12.1 Å². The average molecular weight is 377 g/mol.